The lowest BCUT2D eigenvalue weighted by atomic mass is 10.1. The number of rotatable bonds is 9. The van der Waals surface area contributed by atoms with Crippen molar-refractivity contribution in [1.82, 2.24) is 4.72 Å². The Morgan fingerprint density at radius 1 is 0.941 bits per heavy atom. The van der Waals surface area contributed by atoms with Crippen molar-refractivity contribution in [2.75, 3.05) is 6.61 Å². The number of nitrogen functional groups attached to an aromatic ring is 1. The SMILES string of the molecule is N=C(N)c1cccc(OC[C@H](Cc2ccc(O)cc2)NS(=O)(=O)c2ccc3ccccc3c2)c1. The van der Waals surface area contributed by atoms with Gasteiger partial charge in [0.25, 0.3) is 0 Å². The molecule has 7 nitrogen and oxygen atoms in total. The Balaban J connectivity index is 1.57. The van der Waals surface area contributed by atoms with Crippen LogP contribution in [0.15, 0.2) is 95.9 Å². The second-order valence-electron chi connectivity index (χ2n) is 7.95. The molecule has 0 heterocycles. The van der Waals surface area contributed by atoms with Gasteiger partial charge in [-0.15, -0.1) is 0 Å². The van der Waals surface area contributed by atoms with Gasteiger partial charge in [-0.2, -0.15) is 0 Å². The number of ether oxygens (including phenoxy) is 1. The van der Waals surface area contributed by atoms with Gasteiger partial charge in [0.2, 0.25) is 10.0 Å². The predicted octanol–water partition coefficient (Wildman–Crippen LogP) is 3.80. The molecule has 0 bridgehead atoms. The summed E-state index contributed by atoms with van der Waals surface area (Å²) in [5.41, 5.74) is 6.91. The Hall–Kier alpha value is -3.88. The van der Waals surface area contributed by atoms with Gasteiger partial charge in [0, 0.05) is 5.56 Å². The summed E-state index contributed by atoms with van der Waals surface area (Å²) in [6.07, 6.45) is 0.347. The first-order chi connectivity index (χ1) is 16.3. The molecule has 0 fully saturated rings. The third-order valence-electron chi connectivity index (χ3n) is 5.37. The van der Waals surface area contributed by atoms with E-state index in [2.05, 4.69) is 4.72 Å². The summed E-state index contributed by atoms with van der Waals surface area (Å²) in [7, 11) is -3.84. The number of sulfonamides is 1. The van der Waals surface area contributed by atoms with Gasteiger partial charge >= 0.3 is 0 Å². The number of phenols is 1. The Morgan fingerprint density at radius 2 is 1.68 bits per heavy atom. The molecular weight excluding hydrogens is 450 g/mol. The number of phenolic OH excluding ortho intramolecular Hbond substituents is 1. The molecule has 4 rings (SSSR count). The standard InChI is InChI=1S/C26H25N3O4S/c27-26(28)21-6-3-7-24(15-21)33-17-22(14-18-8-11-23(30)12-9-18)29-34(31,32)25-13-10-19-4-1-2-5-20(19)16-25/h1-13,15-16,22,29-30H,14,17H2,(H3,27,28)/t22-/m0/s1. The summed E-state index contributed by atoms with van der Waals surface area (Å²) < 4.78 is 35.1. The summed E-state index contributed by atoms with van der Waals surface area (Å²) in [6, 6.07) is 25.4. The van der Waals surface area contributed by atoms with Crippen LogP contribution in [0.1, 0.15) is 11.1 Å². The number of nitrogens with one attached hydrogen (secondary N) is 2. The van der Waals surface area contributed by atoms with Crippen molar-refractivity contribution in [3.05, 3.63) is 102 Å². The smallest absolute Gasteiger partial charge is 0.240 e. The van der Waals surface area contributed by atoms with E-state index in [1.165, 1.54) is 0 Å². The van der Waals surface area contributed by atoms with Crippen molar-refractivity contribution in [3.63, 3.8) is 0 Å². The molecule has 4 aromatic carbocycles. The summed E-state index contributed by atoms with van der Waals surface area (Å²) in [5, 5.41) is 19.0. The quantitative estimate of drug-likeness (QED) is 0.216. The molecule has 0 radical (unpaired) electrons. The van der Waals surface area contributed by atoms with E-state index >= 15 is 0 Å². The van der Waals surface area contributed by atoms with Crippen LogP contribution in [0.4, 0.5) is 0 Å². The minimum Gasteiger partial charge on any atom is -0.508 e. The molecule has 34 heavy (non-hydrogen) atoms. The number of amidine groups is 1. The monoisotopic (exact) mass is 475 g/mol. The maximum absolute atomic E-state index is 13.2. The molecule has 0 amide bonds. The fourth-order valence-corrected chi connectivity index (χ4v) is 4.88. The van der Waals surface area contributed by atoms with Crippen LogP contribution >= 0.6 is 0 Å². The van der Waals surface area contributed by atoms with E-state index in [1.807, 2.05) is 24.3 Å². The van der Waals surface area contributed by atoms with Crippen LogP contribution in [-0.4, -0.2) is 32.0 Å². The highest BCUT2D eigenvalue weighted by Gasteiger charge is 2.22. The van der Waals surface area contributed by atoms with Gasteiger partial charge in [-0.05, 0) is 59.2 Å². The van der Waals surface area contributed by atoms with Gasteiger partial charge in [-0.25, -0.2) is 13.1 Å². The van der Waals surface area contributed by atoms with E-state index < -0.39 is 16.1 Å². The molecule has 0 aliphatic carbocycles. The molecular formula is C26H25N3O4S. The first-order valence-electron chi connectivity index (χ1n) is 10.7. The molecule has 0 unspecified atom stereocenters. The maximum atomic E-state index is 13.2. The van der Waals surface area contributed by atoms with Crippen LogP contribution in [0.25, 0.3) is 10.8 Å². The summed E-state index contributed by atoms with van der Waals surface area (Å²) in [5.74, 6) is 0.533. The van der Waals surface area contributed by atoms with Gasteiger partial charge in [0.15, 0.2) is 0 Å². The minimum absolute atomic E-state index is 0.0506. The van der Waals surface area contributed by atoms with Crippen LogP contribution in [0.3, 0.4) is 0 Å². The zero-order valence-electron chi connectivity index (χ0n) is 18.3. The third-order valence-corrected chi connectivity index (χ3v) is 6.89. The van der Waals surface area contributed by atoms with E-state index in [0.29, 0.717) is 17.7 Å². The Morgan fingerprint density at radius 3 is 2.41 bits per heavy atom. The van der Waals surface area contributed by atoms with Gasteiger partial charge in [-0.1, -0.05) is 54.6 Å². The van der Waals surface area contributed by atoms with Gasteiger partial charge < -0.3 is 15.6 Å². The molecule has 8 heteroatoms. The van der Waals surface area contributed by atoms with Crippen LogP contribution in [-0.2, 0) is 16.4 Å². The molecule has 5 N–H and O–H groups in total. The van der Waals surface area contributed by atoms with E-state index in [1.54, 1.807) is 66.7 Å². The van der Waals surface area contributed by atoms with Crippen molar-refractivity contribution < 1.29 is 18.3 Å². The molecule has 1 atom stereocenters. The number of fused-ring (bicyclic) bond motifs is 1. The van der Waals surface area contributed by atoms with Crippen LogP contribution < -0.4 is 15.2 Å². The zero-order chi connectivity index (χ0) is 24.1. The summed E-state index contributed by atoms with van der Waals surface area (Å²) in [4.78, 5) is 0.167. The molecule has 4 aromatic rings. The molecule has 0 saturated heterocycles. The van der Waals surface area contributed by atoms with Crippen LogP contribution in [0, 0.1) is 5.41 Å². The van der Waals surface area contributed by atoms with Crippen LogP contribution in [0.2, 0.25) is 0 Å². The lowest BCUT2D eigenvalue weighted by Gasteiger charge is -2.20. The highest BCUT2D eigenvalue weighted by Crippen LogP contribution is 2.20. The van der Waals surface area contributed by atoms with Crippen LogP contribution in [0.5, 0.6) is 11.5 Å². The maximum Gasteiger partial charge on any atom is 0.240 e. The van der Waals surface area contributed by atoms with Gasteiger partial charge in [0.05, 0.1) is 10.9 Å². The highest BCUT2D eigenvalue weighted by atomic mass is 32.2. The first kappa shape index (κ1) is 23.3. The minimum atomic E-state index is -3.84. The molecule has 0 saturated carbocycles. The number of aromatic hydroxyl groups is 1. The van der Waals surface area contributed by atoms with E-state index in [0.717, 1.165) is 16.3 Å². The molecule has 0 aliphatic rings. The highest BCUT2D eigenvalue weighted by molar-refractivity contribution is 7.89. The molecule has 0 aromatic heterocycles. The van der Waals surface area contributed by atoms with Gasteiger partial charge in [-0.3, -0.25) is 5.41 Å². The van der Waals surface area contributed by atoms with Crippen molar-refractivity contribution >= 4 is 26.6 Å². The topological polar surface area (TPSA) is 126 Å². The largest absolute Gasteiger partial charge is 0.508 e. The molecule has 0 spiro atoms. The Bertz CT molecular complexity index is 1420. The predicted molar refractivity (Wildman–Crippen MR) is 133 cm³/mol. The zero-order valence-corrected chi connectivity index (χ0v) is 19.1. The molecule has 174 valence electrons. The number of benzene rings is 4. The molecule has 0 aliphatic heterocycles. The van der Waals surface area contributed by atoms with Crippen molar-refractivity contribution in [1.29, 1.82) is 5.41 Å². The lowest BCUT2D eigenvalue weighted by Crippen LogP contribution is -2.40. The number of nitrogens with two attached hydrogens (primary N) is 1. The van der Waals surface area contributed by atoms with Crippen molar-refractivity contribution in [3.8, 4) is 11.5 Å². The first-order valence-corrected chi connectivity index (χ1v) is 12.1. The summed E-state index contributed by atoms with van der Waals surface area (Å²) in [6.45, 7) is 0.0506. The average molecular weight is 476 g/mol. The fraction of sp³-hybridized carbons (Fsp3) is 0.115. The Labute approximate surface area is 198 Å². The van der Waals surface area contributed by atoms with Crippen molar-refractivity contribution in [2.24, 2.45) is 5.73 Å². The Kier molecular flexibility index (Phi) is 6.81. The average Bonchev–Trinajstić information content (AvgIpc) is 2.83. The number of hydrogen-bond donors (Lipinski definition) is 4. The lowest BCUT2D eigenvalue weighted by molar-refractivity contribution is 0.278. The third kappa shape index (κ3) is 5.72. The normalized spacial score (nSPS) is 12.4. The number of hydrogen-bond acceptors (Lipinski definition) is 5. The van der Waals surface area contributed by atoms with E-state index in [9.17, 15) is 13.5 Å². The van der Waals surface area contributed by atoms with E-state index in [-0.39, 0.29) is 23.1 Å². The second kappa shape index (κ2) is 9.94. The van der Waals surface area contributed by atoms with E-state index in [4.69, 9.17) is 15.9 Å². The van der Waals surface area contributed by atoms with Gasteiger partial charge in [0.1, 0.15) is 23.9 Å². The fourth-order valence-electron chi connectivity index (χ4n) is 3.62. The second-order valence-corrected chi connectivity index (χ2v) is 9.66. The summed E-state index contributed by atoms with van der Waals surface area (Å²) >= 11 is 0. The van der Waals surface area contributed by atoms with Crippen molar-refractivity contribution in [2.45, 2.75) is 17.4 Å².